The lowest BCUT2D eigenvalue weighted by Crippen LogP contribution is -2.32. The maximum atomic E-state index is 13.7. The highest BCUT2D eigenvalue weighted by atomic mass is 16.5. The van der Waals surface area contributed by atoms with Gasteiger partial charge in [-0.05, 0) is 96.6 Å². The monoisotopic (exact) mass is 694 g/mol. The first-order chi connectivity index (χ1) is 25.4. The lowest BCUT2D eigenvalue weighted by atomic mass is 9.89. The number of nitrogens with zero attached hydrogens (tertiary/aromatic N) is 2. The van der Waals surface area contributed by atoms with E-state index in [2.05, 4.69) is 63.0 Å². The summed E-state index contributed by atoms with van der Waals surface area (Å²) in [6.45, 7) is 2.90. The molecule has 1 saturated heterocycles. The number of amides is 2. The van der Waals surface area contributed by atoms with Crippen LogP contribution in [0.3, 0.4) is 0 Å². The molecule has 2 N–H and O–H groups in total. The van der Waals surface area contributed by atoms with Crippen molar-refractivity contribution in [2.24, 2.45) is 0 Å². The van der Waals surface area contributed by atoms with Crippen LogP contribution in [0.1, 0.15) is 50.8 Å². The van der Waals surface area contributed by atoms with Crippen LogP contribution in [0.15, 0.2) is 125 Å². The van der Waals surface area contributed by atoms with Crippen LogP contribution in [-0.2, 0) is 6.54 Å². The van der Waals surface area contributed by atoms with Crippen LogP contribution < -0.4 is 25.5 Å². The fourth-order valence-corrected chi connectivity index (χ4v) is 6.67. The molecule has 52 heavy (non-hydrogen) atoms. The summed E-state index contributed by atoms with van der Waals surface area (Å²) in [5.74, 6) is -0.316. The molecule has 1 aliphatic rings. The molecule has 4 aromatic carbocycles. The summed E-state index contributed by atoms with van der Waals surface area (Å²) >= 11 is 0. The smallest absolute Gasteiger partial charge is 0.291 e. The molecular formula is C42H38N4O6. The quantitative estimate of drug-likeness (QED) is 0.149. The summed E-state index contributed by atoms with van der Waals surface area (Å²) in [5.41, 5.74) is 5.63. The minimum absolute atomic E-state index is 0.136. The lowest BCUT2D eigenvalue weighted by Gasteiger charge is -2.32. The minimum Gasteiger partial charge on any atom is -0.493 e. The van der Waals surface area contributed by atoms with Crippen molar-refractivity contribution in [3.05, 3.63) is 148 Å². The van der Waals surface area contributed by atoms with Crippen molar-refractivity contribution in [3.63, 3.8) is 0 Å². The number of aromatic nitrogens is 1. The van der Waals surface area contributed by atoms with E-state index in [1.165, 1.54) is 43.0 Å². The van der Waals surface area contributed by atoms with Crippen LogP contribution >= 0.6 is 0 Å². The number of para-hydroxylation sites is 1. The number of hydrogen-bond acceptors (Lipinski definition) is 8. The first kappa shape index (κ1) is 34.2. The number of likely N-dealkylation sites (tertiary alicyclic amines) is 1. The Labute approximate surface area is 301 Å². The number of pyridine rings is 1. The van der Waals surface area contributed by atoms with Crippen molar-refractivity contribution >= 4 is 34.2 Å². The van der Waals surface area contributed by atoms with Gasteiger partial charge >= 0.3 is 0 Å². The van der Waals surface area contributed by atoms with Crippen molar-refractivity contribution in [1.29, 1.82) is 0 Å². The Morgan fingerprint density at radius 1 is 0.808 bits per heavy atom. The molecule has 6 aromatic rings. The third kappa shape index (κ3) is 7.57. The van der Waals surface area contributed by atoms with Crippen LogP contribution in [-0.4, -0.2) is 49.0 Å². The summed E-state index contributed by atoms with van der Waals surface area (Å²) in [6.07, 6.45) is 5.77. The summed E-state index contributed by atoms with van der Waals surface area (Å²) in [6, 6.07) is 31.4. The number of carbonyl (C=O) groups is 2. The standard InChI is InChI=1S/C42H38N4O6/c1-50-38-22-34(35(23-39(38)51-2)45-42(49)40-24-36(47)33-10-3-4-11-37(33)52-40)41(48)44-32-14-12-28(13-15-32)29-16-19-46(20-17-29)26-27-7-5-8-30(21-27)31-9-6-18-43-25-31/h3-15,18,21-25,29H,16-17,19-20,26H2,1-2H3,(H,44,48)(H,45,49). The average molecular weight is 695 g/mol. The molecule has 10 heteroatoms. The molecular weight excluding hydrogens is 656 g/mol. The summed E-state index contributed by atoms with van der Waals surface area (Å²) in [4.78, 5) is 46.4. The molecule has 0 saturated carbocycles. The highest BCUT2D eigenvalue weighted by Crippen LogP contribution is 2.35. The predicted molar refractivity (Wildman–Crippen MR) is 201 cm³/mol. The highest BCUT2D eigenvalue weighted by molar-refractivity contribution is 6.12. The molecule has 2 amide bonds. The number of fused-ring (bicyclic) bond motifs is 1. The van der Waals surface area contributed by atoms with E-state index in [9.17, 15) is 14.4 Å². The summed E-state index contributed by atoms with van der Waals surface area (Å²) in [5, 5.41) is 6.02. The molecule has 3 heterocycles. The zero-order chi connectivity index (χ0) is 36.0. The van der Waals surface area contributed by atoms with Crippen molar-refractivity contribution in [3.8, 4) is 22.6 Å². The molecule has 0 atom stereocenters. The van der Waals surface area contributed by atoms with Crippen LogP contribution in [0.5, 0.6) is 11.5 Å². The van der Waals surface area contributed by atoms with E-state index in [1.807, 2.05) is 24.4 Å². The number of nitrogens with one attached hydrogen (secondary N) is 2. The normalized spacial score (nSPS) is 13.4. The second kappa shape index (κ2) is 15.3. The van der Waals surface area contributed by atoms with Gasteiger partial charge < -0.3 is 24.5 Å². The van der Waals surface area contributed by atoms with Gasteiger partial charge in [-0.2, -0.15) is 0 Å². The first-order valence-corrected chi connectivity index (χ1v) is 17.1. The molecule has 0 unspecified atom stereocenters. The van der Waals surface area contributed by atoms with Gasteiger partial charge in [0.2, 0.25) is 0 Å². The lowest BCUT2D eigenvalue weighted by molar-refractivity contribution is 0.0997. The Hall–Kier alpha value is -6.26. The van der Waals surface area contributed by atoms with Crippen LogP contribution in [0.4, 0.5) is 11.4 Å². The van der Waals surface area contributed by atoms with E-state index in [1.54, 1.807) is 30.5 Å². The maximum Gasteiger partial charge on any atom is 0.291 e. The van der Waals surface area contributed by atoms with Crippen LogP contribution in [0, 0.1) is 0 Å². The molecule has 0 aliphatic carbocycles. The Morgan fingerprint density at radius 3 is 2.31 bits per heavy atom. The fourth-order valence-electron chi connectivity index (χ4n) is 6.67. The van der Waals surface area contributed by atoms with Gasteiger partial charge in [0.05, 0.1) is 30.9 Å². The topological polar surface area (TPSA) is 123 Å². The highest BCUT2D eigenvalue weighted by Gasteiger charge is 2.23. The van der Waals surface area contributed by atoms with Gasteiger partial charge in [0.15, 0.2) is 22.7 Å². The van der Waals surface area contributed by atoms with Crippen LogP contribution in [0.25, 0.3) is 22.1 Å². The third-order valence-electron chi connectivity index (χ3n) is 9.43. The molecule has 0 spiro atoms. The molecule has 7 rings (SSSR count). The number of ether oxygens (including phenoxy) is 2. The Bertz CT molecular complexity index is 2280. The molecule has 0 radical (unpaired) electrons. The summed E-state index contributed by atoms with van der Waals surface area (Å²) < 4.78 is 16.6. The third-order valence-corrected chi connectivity index (χ3v) is 9.43. The number of hydrogen-bond donors (Lipinski definition) is 2. The predicted octanol–water partition coefficient (Wildman–Crippen LogP) is 7.76. The van der Waals surface area contributed by atoms with Gasteiger partial charge in [-0.3, -0.25) is 24.3 Å². The van der Waals surface area contributed by atoms with E-state index in [-0.39, 0.29) is 28.0 Å². The van der Waals surface area contributed by atoms with Crippen LogP contribution in [0.2, 0.25) is 0 Å². The molecule has 10 nitrogen and oxygen atoms in total. The Balaban J connectivity index is 1.01. The number of piperidine rings is 1. The van der Waals surface area contributed by atoms with E-state index in [4.69, 9.17) is 13.9 Å². The van der Waals surface area contributed by atoms with Crippen molar-refractivity contribution in [2.75, 3.05) is 37.9 Å². The minimum atomic E-state index is -0.697. The maximum absolute atomic E-state index is 13.7. The Morgan fingerprint density at radius 2 is 1.56 bits per heavy atom. The number of carbonyl (C=O) groups excluding carboxylic acids is 2. The van der Waals surface area contributed by atoms with E-state index in [0.29, 0.717) is 28.5 Å². The molecule has 0 bridgehead atoms. The first-order valence-electron chi connectivity index (χ1n) is 17.1. The van der Waals surface area contributed by atoms with Gasteiger partial charge in [-0.25, -0.2) is 0 Å². The van der Waals surface area contributed by atoms with Gasteiger partial charge in [0.1, 0.15) is 5.58 Å². The zero-order valence-corrected chi connectivity index (χ0v) is 28.9. The fraction of sp³-hybridized carbons (Fsp3) is 0.190. The average Bonchev–Trinajstić information content (AvgIpc) is 3.18. The number of rotatable bonds is 10. The Kier molecular flexibility index (Phi) is 10.1. The molecule has 1 aliphatic heterocycles. The zero-order valence-electron chi connectivity index (χ0n) is 28.9. The van der Waals surface area contributed by atoms with Gasteiger partial charge in [-0.15, -0.1) is 0 Å². The van der Waals surface area contributed by atoms with Gasteiger partial charge in [0.25, 0.3) is 11.8 Å². The van der Waals surface area contributed by atoms with Crippen molar-refractivity contribution in [1.82, 2.24) is 9.88 Å². The van der Waals surface area contributed by atoms with E-state index < -0.39 is 11.8 Å². The molecule has 1 fully saturated rings. The van der Waals surface area contributed by atoms with E-state index >= 15 is 0 Å². The van der Waals surface area contributed by atoms with Crippen molar-refractivity contribution in [2.45, 2.75) is 25.3 Å². The number of anilines is 2. The van der Waals surface area contributed by atoms with Crippen molar-refractivity contribution < 1.29 is 23.5 Å². The summed E-state index contributed by atoms with van der Waals surface area (Å²) in [7, 11) is 2.92. The second-order valence-corrected chi connectivity index (χ2v) is 12.7. The van der Waals surface area contributed by atoms with Gasteiger partial charge in [-0.1, -0.05) is 48.5 Å². The molecule has 262 valence electrons. The number of methoxy groups -OCH3 is 2. The second-order valence-electron chi connectivity index (χ2n) is 12.7. The van der Waals surface area contributed by atoms with Gasteiger partial charge in [0, 0.05) is 36.8 Å². The largest absolute Gasteiger partial charge is 0.493 e. The molecule has 2 aromatic heterocycles. The SMILES string of the molecule is COc1cc(NC(=O)c2cc(=O)c3ccccc3o2)c(C(=O)Nc2ccc(C3CCN(Cc4cccc(-c5cccnc5)c4)CC3)cc2)cc1OC. The number of benzene rings is 4. The van der Waals surface area contributed by atoms with E-state index in [0.717, 1.165) is 44.1 Å².